The van der Waals surface area contributed by atoms with E-state index in [1.54, 1.807) is 16.7 Å². The van der Waals surface area contributed by atoms with Crippen molar-refractivity contribution in [1.29, 1.82) is 0 Å². The molecule has 1 saturated carbocycles. The Morgan fingerprint density at radius 2 is 2.25 bits per heavy atom. The molecule has 1 aliphatic rings. The van der Waals surface area contributed by atoms with Crippen LogP contribution >= 0.6 is 0 Å². The summed E-state index contributed by atoms with van der Waals surface area (Å²) in [7, 11) is 0. The molecule has 1 aromatic rings. The van der Waals surface area contributed by atoms with Crippen LogP contribution in [0, 0.1) is 12.8 Å². The van der Waals surface area contributed by atoms with Crippen molar-refractivity contribution in [2.75, 3.05) is 0 Å². The van der Waals surface area contributed by atoms with Gasteiger partial charge in [0, 0.05) is 18.3 Å². The van der Waals surface area contributed by atoms with Crippen LogP contribution in [0.15, 0.2) is 23.0 Å². The van der Waals surface area contributed by atoms with Crippen LogP contribution in [0.2, 0.25) is 0 Å². The smallest absolute Gasteiger partial charge is 0.250 e. The lowest BCUT2D eigenvalue weighted by atomic mass is 10.0. The minimum atomic E-state index is -0.153. The number of hydrogen-bond donors (Lipinski definition) is 1. The summed E-state index contributed by atoms with van der Waals surface area (Å²) in [6.07, 6.45) is 3.90. The lowest BCUT2D eigenvalue weighted by Gasteiger charge is -2.16. The number of aryl methyl sites for hydroxylation is 1. The van der Waals surface area contributed by atoms with Crippen molar-refractivity contribution >= 4 is 0 Å². The van der Waals surface area contributed by atoms with E-state index in [0.717, 1.165) is 37.9 Å². The fraction of sp³-hybridized carbons (Fsp3) is 0.615. The molecule has 16 heavy (non-hydrogen) atoms. The number of aliphatic hydroxyl groups is 1. The zero-order valence-corrected chi connectivity index (χ0v) is 9.72. The van der Waals surface area contributed by atoms with Crippen molar-refractivity contribution in [3.8, 4) is 0 Å². The van der Waals surface area contributed by atoms with Gasteiger partial charge in [0.2, 0.25) is 0 Å². The van der Waals surface area contributed by atoms with Gasteiger partial charge in [-0.3, -0.25) is 4.79 Å². The molecule has 3 nitrogen and oxygen atoms in total. The first-order valence-corrected chi connectivity index (χ1v) is 6.03. The van der Waals surface area contributed by atoms with Crippen molar-refractivity contribution < 1.29 is 5.11 Å². The second-order valence-corrected chi connectivity index (χ2v) is 4.70. The molecule has 0 amide bonds. The van der Waals surface area contributed by atoms with Crippen LogP contribution in [0.5, 0.6) is 0 Å². The molecule has 1 fully saturated rings. The normalized spacial score (nSPS) is 24.9. The van der Waals surface area contributed by atoms with Gasteiger partial charge in [-0.05, 0) is 38.2 Å². The summed E-state index contributed by atoms with van der Waals surface area (Å²) < 4.78 is 1.80. The quantitative estimate of drug-likeness (QED) is 0.844. The maximum absolute atomic E-state index is 11.6. The van der Waals surface area contributed by atoms with Gasteiger partial charge in [0.1, 0.15) is 0 Å². The highest BCUT2D eigenvalue weighted by Crippen LogP contribution is 2.28. The summed E-state index contributed by atoms with van der Waals surface area (Å²) in [4.78, 5) is 11.6. The Kier molecular flexibility index (Phi) is 3.44. The summed E-state index contributed by atoms with van der Waals surface area (Å²) in [5.41, 5.74) is 1.06. The van der Waals surface area contributed by atoms with Crippen LogP contribution in [0.1, 0.15) is 31.4 Å². The molecule has 0 radical (unpaired) electrons. The lowest BCUT2D eigenvalue weighted by molar-refractivity contribution is 0.125. The lowest BCUT2D eigenvalue weighted by Crippen LogP contribution is -2.24. The molecule has 0 bridgehead atoms. The Morgan fingerprint density at radius 1 is 1.44 bits per heavy atom. The number of pyridine rings is 1. The predicted octanol–water partition coefficient (Wildman–Crippen LogP) is 1.71. The first-order valence-electron chi connectivity index (χ1n) is 6.03. The van der Waals surface area contributed by atoms with E-state index in [4.69, 9.17) is 0 Å². The molecule has 1 aromatic heterocycles. The Morgan fingerprint density at radius 3 is 2.88 bits per heavy atom. The van der Waals surface area contributed by atoms with Gasteiger partial charge < -0.3 is 9.67 Å². The van der Waals surface area contributed by atoms with Crippen molar-refractivity contribution in [3.05, 3.63) is 34.2 Å². The van der Waals surface area contributed by atoms with E-state index in [1.807, 2.05) is 13.0 Å². The largest absolute Gasteiger partial charge is 0.393 e. The summed E-state index contributed by atoms with van der Waals surface area (Å²) in [5.74, 6) is 0.381. The van der Waals surface area contributed by atoms with Gasteiger partial charge in [-0.2, -0.15) is 0 Å². The van der Waals surface area contributed by atoms with E-state index in [-0.39, 0.29) is 11.7 Å². The molecule has 2 unspecified atom stereocenters. The molecule has 3 heteroatoms. The number of aliphatic hydroxyl groups excluding tert-OH is 1. The third kappa shape index (κ3) is 2.35. The summed E-state index contributed by atoms with van der Waals surface area (Å²) in [5, 5.41) is 9.72. The molecule has 0 saturated heterocycles. The summed E-state index contributed by atoms with van der Waals surface area (Å²) >= 11 is 0. The molecule has 88 valence electrons. The van der Waals surface area contributed by atoms with Crippen LogP contribution in [-0.2, 0) is 6.54 Å². The zero-order chi connectivity index (χ0) is 11.5. The minimum absolute atomic E-state index is 0.0625. The first-order chi connectivity index (χ1) is 7.68. The van der Waals surface area contributed by atoms with Crippen molar-refractivity contribution in [2.24, 2.45) is 5.92 Å². The van der Waals surface area contributed by atoms with Gasteiger partial charge in [0.15, 0.2) is 0 Å². The molecule has 2 atom stereocenters. The fourth-order valence-electron chi connectivity index (χ4n) is 2.56. The van der Waals surface area contributed by atoms with Crippen LogP contribution < -0.4 is 5.56 Å². The minimum Gasteiger partial charge on any atom is -0.393 e. The Labute approximate surface area is 95.7 Å². The van der Waals surface area contributed by atoms with Crippen LogP contribution in [0.4, 0.5) is 0 Å². The van der Waals surface area contributed by atoms with E-state index in [9.17, 15) is 9.90 Å². The average molecular weight is 221 g/mol. The topological polar surface area (TPSA) is 42.2 Å². The average Bonchev–Trinajstić information content (AvgIpc) is 2.64. The van der Waals surface area contributed by atoms with Crippen LogP contribution in [-0.4, -0.2) is 15.8 Å². The Bertz CT molecular complexity index is 411. The van der Waals surface area contributed by atoms with E-state index in [1.165, 1.54) is 0 Å². The molecule has 0 aromatic carbocycles. The van der Waals surface area contributed by atoms with E-state index < -0.39 is 0 Å². The van der Waals surface area contributed by atoms with E-state index in [2.05, 4.69) is 0 Å². The second kappa shape index (κ2) is 4.83. The molecule has 0 spiro atoms. The number of aromatic nitrogens is 1. The van der Waals surface area contributed by atoms with Crippen molar-refractivity contribution in [3.63, 3.8) is 0 Å². The zero-order valence-electron chi connectivity index (χ0n) is 9.72. The van der Waals surface area contributed by atoms with Gasteiger partial charge in [0.05, 0.1) is 6.10 Å². The van der Waals surface area contributed by atoms with Crippen molar-refractivity contribution in [2.45, 2.75) is 45.3 Å². The van der Waals surface area contributed by atoms with E-state index in [0.29, 0.717) is 5.92 Å². The molecule has 1 aliphatic carbocycles. The SMILES string of the molecule is Cc1cccc(=O)n1CCC1CCCC1O. The summed E-state index contributed by atoms with van der Waals surface area (Å²) in [6.45, 7) is 2.68. The van der Waals surface area contributed by atoms with Crippen molar-refractivity contribution in [1.82, 2.24) is 4.57 Å². The molecule has 2 rings (SSSR count). The maximum atomic E-state index is 11.6. The van der Waals surface area contributed by atoms with Gasteiger partial charge >= 0.3 is 0 Å². The highest BCUT2D eigenvalue weighted by atomic mass is 16.3. The van der Waals surface area contributed by atoms with Gasteiger partial charge in [-0.1, -0.05) is 12.5 Å². The van der Waals surface area contributed by atoms with Gasteiger partial charge in [-0.25, -0.2) is 0 Å². The van der Waals surface area contributed by atoms with Crippen LogP contribution in [0.25, 0.3) is 0 Å². The molecule has 0 aliphatic heterocycles. The molecular weight excluding hydrogens is 202 g/mol. The van der Waals surface area contributed by atoms with Gasteiger partial charge in [-0.15, -0.1) is 0 Å². The molecular formula is C13H19NO2. The number of nitrogens with zero attached hydrogens (tertiary/aromatic N) is 1. The highest BCUT2D eigenvalue weighted by molar-refractivity contribution is 5.04. The van der Waals surface area contributed by atoms with E-state index >= 15 is 0 Å². The Balaban J connectivity index is 2.02. The fourth-order valence-corrected chi connectivity index (χ4v) is 2.56. The number of hydrogen-bond acceptors (Lipinski definition) is 2. The number of rotatable bonds is 3. The van der Waals surface area contributed by atoms with Gasteiger partial charge in [0.25, 0.3) is 5.56 Å². The van der Waals surface area contributed by atoms with Crippen LogP contribution in [0.3, 0.4) is 0 Å². The second-order valence-electron chi connectivity index (χ2n) is 4.70. The maximum Gasteiger partial charge on any atom is 0.250 e. The standard InChI is InChI=1S/C13H19NO2/c1-10-4-2-7-13(16)14(10)9-8-11-5-3-6-12(11)15/h2,4,7,11-12,15H,3,5-6,8-9H2,1H3. The Hall–Kier alpha value is -1.09. The molecule has 1 N–H and O–H groups in total. The molecule has 1 heterocycles. The predicted molar refractivity (Wildman–Crippen MR) is 63.4 cm³/mol. The summed E-state index contributed by atoms with van der Waals surface area (Å²) in [6, 6.07) is 5.34. The first kappa shape index (κ1) is 11.4. The third-order valence-electron chi connectivity index (χ3n) is 3.61. The monoisotopic (exact) mass is 221 g/mol. The third-order valence-corrected chi connectivity index (χ3v) is 3.61. The highest BCUT2D eigenvalue weighted by Gasteiger charge is 2.24.